The van der Waals surface area contributed by atoms with E-state index in [4.69, 9.17) is 4.74 Å². The van der Waals surface area contributed by atoms with E-state index in [0.29, 0.717) is 19.5 Å². The molecule has 7 nitrogen and oxygen atoms in total. The summed E-state index contributed by atoms with van der Waals surface area (Å²) in [5.41, 5.74) is 7.77. The molecule has 3 aliphatic rings. The van der Waals surface area contributed by atoms with Gasteiger partial charge in [0.1, 0.15) is 13.2 Å². The minimum Gasteiger partial charge on any atom is -0.446 e. The van der Waals surface area contributed by atoms with Gasteiger partial charge in [0, 0.05) is 60.6 Å². The molecule has 0 fully saturated rings. The maximum absolute atomic E-state index is 12.5. The van der Waals surface area contributed by atoms with Crippen molar-refractivity contribution in [2.24, 2.45) is 0 Å². The standard InChI is InChI=1S/C45H62N4O3/c1-44(2)36-25-15-17-27-38(36)48(5)40(44)29-22-30-41-45(3,4)37-26-16-18-28-39(37)49(41)34-21-11-14-31-42(50)46-32-19-9-10-20-33-47-43(51)52-35-23-12-7-6-8-13-24-35/h6-7,15-18,22,25-30,35H,8-14,19-21,23-24,31-34H2,1-5H3,(H-,46,47,50,51)/p+1/b7-6+. The summed E-state index contributed by atoms with van der Waals surface area (Å²) < 4.78 is 7.93. The molecule has 1 unspecified atom stereocenters. The summed E-state index contributed by atoms with van der Waals surface area (Å²) >= 11 is 0. The third-order valence-corrected chi connectivity index (χ3v) is 11.2. The molecule has 280 valence electrons. The van der Waals surface area contributed by atoms with Gasteiger partial charge in [-0.15, -0.1) is 0 Å². The van der Waals surface area contributed by atoms with E-state index >= 15 is 0 Å². The first-order chi connectivity index (χ1) is 25.1. The molecule has 7 heteroatoms. The van der Waals surface area contributed by atoms with Gasteiger partial charge in [-0.1, -0.05) is 87.7 Å². The van der Waals surface area contributed by atoms with Gasteiger partial charge in [0.15, 0.2) is 5.71 Å². The molecule has 0 radical (unpaired) electrons. The number of fused-ring (bicyclic) bond motifs is 2. The average molecular weight is 708 g/mol. The van der Waals surface area contributed by atoms with Gasteiger partial charge in [-0.25, -0.2) is 4.79 Å². The number of carbonyl (C=O) groups is 2. The van der Waals surface area contributed by atoms with Gasteiger partial charge in [0.2, 0.25) is 11.6 Å². The van der Waals surface area contributed by atoms with Crippen molar-refractivity contribution in [3.8, 4) is 0 Å². The Balaban J connectivity index is 0.997. The van der Waals surface area contributed by atoms with Crippen molar-refractivity contribution in [2.75, 3.05) is 31.6 Å². The van der Waals surface area contributed by atoms with Crippen LogP contribution in [0.3, 0.4) is 0 Å². The van der Waals surface area contributed by atoms with E-state index in [1.165, 1.54) is 33.9 Å². The molecule has 0 bridgehead atoms. The van der Waals surface area contributed by atoms with Crippen LogP contribution in [-0.4, -0.2) is 55.1 Å². The van der Waals surface area contributed by atoms with Crippen LogP contribution in [0.25, 0.3) is 0 Å². The first-order valence-corrected chi connectivity index (χ1v) is 19.9. The van der Waals surface area contributed by atoms with Crippen LogP contribution in [0.5, 0.6) is 0 Å². The Labute approximate surface area is 313 Å². The fourth-order valence-electron chi connectivity index (χ4n) is 8.19. The van der Waals surface area contributed by atoms with Gasteiger partial charge in [-0.3, -0.25) is 4.79 Å². The zero-order chi connectivity index (χ0) is 37.0. The molecule has 52 heavy (non-hydrogen) atoms. The van der Waals surface area contributed by atoms with Gasteiger partial charge < -0.3 is 20.3 Å². The number of rotatable bonds is 16. The fraction of sp³-hybridized carbons (Fsp3) is 0.533. The summed E-state index contributed by atoms with van der Waals surface area (Å²) in [6.07, 6.45) is 23.4. The number of nitrogens with one attached hydrogen (secondary N) is 2. The third kappa shape index (κ3) is 9.84. The fourth-order valence-corrected chi connectivity index (χ4v) is 8.19. The quantitative estimate of drug-likeness (QED) is 0.104. The summed E-state index contributed by atoms with van der Waals surface area (Å²) in [7, 11) is 2.17. The number of allylic oxidation sites excluding steroid dienone is 6. The van der Waals surface area contributed by atoms with E-state index in [9.17, 15) is 9.59 Å². The number of ether oxygens (including phenoxy) is 1. The maximum atomic E-state index is 12.5. The number of unbranched alkanes of at least 4 members (excludes halogenated alkanes) is 5. The maximum Gasteiger partial charge on any atom is 0.407 e. The molecular weight excluding hydrogens is 645 g/mol. The molecule has 2 heterocycles. The summed E-state index contributed by atoms with van der Waals surface area (Å²) in [6.45, 7) is 11.6. The topological polar surface area (TPSA) is 73.7 Å². The Bertz CT molecular complexity index is 1650. The number of para-hydroxylation sites is 2. The van der Waals surface area contributed by atoms with E-state index < -0.39 is 0 Å². The summed E-state index contributed by atoms with van der Waals surface area (Å²) in [6, 6.07) is 17.5. The van der Waals surface area contributed by atoms with Gasteiger partial charge in [-0.2, -0.15) is 4.58 Å². The zero-order valence-corrected chi connectivity index (χ0v) is 32.5. The molecule has 2 amide bonds. The Hall–Kier alpha value is -4.13. The van der Waals surface area contributed by atoms with Gasteiger partial charge in [0.05, 0.1) is 5.41 Å². The summed E-state index contributed by atoms with van der Waals surface area (Å²) in [5.74, 6) is 0.145. The molecular formula is C45H63N4O3+. The largest absolute Gasteiger partial charge is 0.446 e. The SMILES string of the molecule is C[N+]1=C(C=CC=C2N(CCCCCC(=O)NCCCCCCNC(=O)OC3CC/C=C/CCC3)c3ccccc3C2(C)C)C(C)(C)c2ccccc21. The predicted octanol–water partition coefficient (Wildman–Crippen LogP) is 9.78. The Morgan fingerprint density at radius 2 is 1.52 bits per heavy atom. The van der Waals surface area contributed by atoms with Crippen molar-refractivity contribution in [2.45, 2.75) is 128 Å². The Morgan fingerprint density at radius 3 is 2.31 bits per heavy atom. The van der Waals surface area contributed by atoms with Crippen LogP contribution < -0.4 is 15.5 Å². The number of nitrogens with zero attached hydrogens (tertiary/aromatic N) is 2. The summed E-state index contributed by atoms with van der Waals surface area (Å²) in [5, 5.41) is 6.01. The molecule has 1 atom stereocenters. The second kappa shape index (κ2) is 18.6. The lowest BCUT2D eigenvalue weighted by Gasteiger charge is -2.27. The molecule has 2 aromatic carbocycles. The molecule has 2 N–H and O–H groups in total. The van der Waals surface area contributed by atoms with Crippen LogP contribution in [0.2, 0.25) is 0 Å². The van der Waals surface area contributed by atoms with Crippen molar-refractivity contribution in [1.82, 2.24) is 10.6 Å². The molecule has 0 spiro atoms. The lowest BCUT2D eigenvalue weighted by molar-refractivity contribution is -0.401. The Morgan fingerprint density at radius 1 is 0.827 bits per heavy atom. The Kier molecular flexibility index (Phi) is 14.0. The van der Waals surface area contributed by atoms with Gasteiger partial charge in [-0.05, 0) is 89.3 Å². The highest BCUT2D eigenvalue weighted by atomic mass is 16.6. The molecule has 0 aromatic heterocycles. The minimum atomic E-state index is -0.289. The number of benzene rings is 2. The van der Waals surface area contributed by atoms with Crippen LogP contribution in [0.4, 0.5) is 16.2 Å². The van der Waals surface area contributed by atoms with Crippen molar-refractivity contribution in [1.29, 1.82) is 0 Å². The van der Waals surface area contributed by atoms with E-state index in [0.717, 1.165) is 83.6 Å². The van der Waals surface area contributed by atoms with E-state index in [1.807, 2.05) is 0 Å². The minimum absolute atomic E-state index is 0.0302. The van der Waals surface area contributed by atoms with Crippen molar-refractivity contribution in [3.05, 3.63) is 95.7 Å². The molecule has 1 aliphatic carbocycles. The van der Waals surface area contributed by atoms with E-state index in [2.05, 4.69) is 134 Å². The molecule has 2 aliphatic heterocycles. The second-order valence-corrected chi connectivity index (χ2v) is 15.8. The van der Waals surface area contributed by atoms with E-state index in [1.54, 1.807) is 0 Å². The lowest BCUT2D eigenvalue weighted by Crippen LogP contribution is -2.30. The first kappa shape index (κ1) is 39.1. The highest BCUT2D eigenvalue weighted by molar-refractivity contribution is 6.03. The monoisotopic (exact) mass is 707 g/mol. The highest BCUT2D eigenvalue weighted by Crippen LogP contribution is 2.48. The number of carbonyl (C=O) groups excluding carboxylic acids is 2. The van der Waals surface area contributed by atoms with Crippen molar-refractivity contribution in [3.63, 3.8) is 0 Å². The number of alkyl carbamates (subject to hydrolysis) is 1. The van der Waals surface area contributed by atoms with Crippen LogP contribution in [0, 0.1) is 0 Å². The smallest absolute Gasteiger partial charge is 0.407 e. The van der Waals surface area contributed by atoms with Crippen LogP contribution in [0.15, 0.2) is 84.6 Å². The van der Waals surface area contributed by atoms with Crippen LogP contribution in [-0.2, 0) is 20.4 Å². The predicted molar refractivity (Wildman–Crippen MR) is 215 cm³/mol. The average Bonchev–Trinajstić information content (AvgIpc) is 3.45. The van der Waals surface area contributed by atoms with Crippen LogP contribution in [0.1, 0.15) is 122 Å². The lowest BCUT2D eigenvalue weighted by atomic mass is 9.81. The number of hydrogen-bond donors (Lipinski definition) is 2. The molecule has 5 rings (SSSR count). The summed E-state index contributed by atoms with van der Waals surface area (Å²) in [4.78, 5) is 27.2. The van der Waals surface area contributed by atoms with Crippen molar-refractivity contribution >= 4 is 29.1 Å². The molecule has 0 saturated carbocycles. The second-order valence-electron chi connectivity index (χ2n) is 15.8. The zero-order valence-electron chi connectivity index (χ0n) is 32.5. The van der Waals surface area contributed by atoms with Gasteiger partial charge in [0.25, 0.3) is 0 Å². The molecule has 2 aromatic rings. The van der Waals surface area contributed by atoms with Crippen LogP contribution >= 0.6 is 0 Å². The first-order valence-electron chi connectivity index (χ1n) is 19.9. The third-order valence-electron chi connectivity index (χ3n) is 11.2. The van der Waals surface area contributed by atoms with E-state index in [-0.39, 0.29) is 28.9 Å². The number of anilines is 1. The normalized spacial score (nSPS) is 20.4. The number of amides is 2. The number of hydrogen-bond acceptors (Lipinski definition) is 4. The van der Waals surface area contributed by atoms with Crippen molar-refractivity contribution < 1.29 is 18.9 Å². The van der Waals surface area contributed by atoms with Gasteiger partial charge >= 0.3 is 6.09 Å². The molecule has 0 saturated heterocycles. The highest BCUT2D eigenvalue weighted by Gasteiger charge is 2.43.